The van der Waals surface area contributed by atoms with Gasteiger partial charge < -0.3 is 10.4 Å². The summed E-state index contributed by atoms with van der Waals surface area (Å²) in [5.74, 6) is -1.18. The van der Waals surface area contributed by atoms with Crippen LogP contribution in [-0.4, -0.2) is 45.3 Å². The van der Waals surface area contributed by atoms with Crippen molar-refractivity contribution in [3.8, 4) is 0 Å². The quantitative estimate of drug-likeness (QED) is 0.596. The molecule has 3 N–H and O–H groups in total. The van der Waals surface area contributed by atoms with E-state index in [9.17, 15) is 18.6 Å². The van der Waals surface area contributed by atoms with Gasteiger partial charge in [0.2, 0.25) is 0 Å². The number of amides is 3. The van der Waals surface area contributed by atoms with Crippen molar-refractivity contribution in [3.63, 3.8) is 0 Å². The van der Waals surface area contributed by atoms with Crippen molar-refractivity contribution < 1.29 is 23.7 Å². The summed E-state index contributed by atoms with van der Waals surface area (Å²) in [5.41, 5.74) is -0.169. The smallest absolute Gasteiger partial charge is 0.331 e. The topological polar surface area (TPSA) is 113 Å². The summed E-state index contributed by atoms with van der Waals surface area (Å²) in [4.78, 5) is 33.4. The summed E-state index contributed by atoms with van der Waals surface area (Å²) < 4.78 is 11.1. The second-order valence-electron chi connectivity index (χ2n) is 3.70. The zero-order chi connectivity index (χ0) is 15.0. The highest BCUT2D eigenvalue weighted by atomic mass is 32.2. The van der Waals surface area contributed by atoms with Gasteiger partial charge in [0.05, 0.1) is 0 Å². The first-order valence-corrected chi connectivity index (χ1v) is 7.13. The van der Waals surface area contributed by atoms with E-state index in [0.717, 1.165) is 0 Å². The van der Waals surface area contributed by atoms with E-state index in [1.54, 1.807) is 6.92 Å². The van der Waals surface area contributed by atoms with Gasteiger partial charge in [-0.05, 0) is 13.8 Å². The summed E-state index contributed by atoms with van der Waals surface area (Å²) >= 11 is 0. The number of nitrogens with one attached hydrogen (secondary N) is 2. The number of carboxylic acid groups (broad SMARTS) is 1. The van der Waals surface area contributed by atoms with Crippen molar-refractivity contribution in [3.05, 3.63) is 11.1 Å². The maximum Gasteiger partial charge on any atom is 0.331 e. The molecule has 0 heterocycles. The highest BCUT2D eigenvalue weighted by molar-refractivity contribution is 7.84. The fourth-order valence-electron chi connectivity index (χ4n) is 0.994. The molecule has 1 unspecified atom stereocenters. The first kappa shape index (κ1) is 17.3. The summed E-state index contributed by atoms with van der Waals surface area (Å²) in [5, 5.41) is 13.1. The second-order valence-corrected chi connectivity index (χ2v) is 5.56. The van der Waals surface area contributed by atoms with E-state index in [-0.39, 0.29) is 17.7 Å². The standard InChI is InChI=1S/C11H18N2O5S/c1-4-19(18)6-5-12-11(17)13-9(14)7(2)8(3)10(15)16/h4-6H2,1-3H3,(H,15,16)(H2,12,13,14,17). The van der Waals surface area contributed by atoms with E-state index >= 15 is 0 Å². The molecule has 3 amide bonds. The van der Waals surface area contributed by atoms with E-state index < -0.39 is 28.7 Å². The third kappa shape index (κ3) is 6.70. The maximum atomic E-state index is 11.5. The molecule has 0 saturated carbocycles. The molecular weight excluding hydrogens is 272 g/mol. The maximum absolute atomic E-state index is 11.5. The molecule has 0 rings (SSSR count). The van der Waals surface area contributed by atoms with Gasteiger partial charge in [0.15, 0.2) is 0 Å². The number of carboxylic acids is 1. The Labute approximate surface area is 113 Å². The van der Waals surface area contributed by atoms with E-state index in [1.165, 1.54) is 13.8 Å². The van der Waals surface area contributed by atoms with Crippen LogP contribution in [0.1, 0.15) is 20.8 Å². The predicted molar refractivity (Wildman–Crippen MR) is 71.1 cm³/mol. The molecular formula is C11H18N2O5S. The van der Waals surface area contributed by atoms with Crippen LogP contribution in [0.3, 0.4) is 0 Å². The minimum Gasteiger partial charge on any atom is -0.478 e. The lowest BCUT2D eigenvalue weighted by Crippen LogP contribution is -2.41. The molecule has 0 aromatic rings. The van der Waals surface area contributed by atoms with Crippen LogP contribution in [0.25, 0.3) is 0 Å². The Hall–Kier alpha value is -1.70. The average Bonchev–Trinajstić information content (AvgIpc) is 2.36. The number of carbonyl (C=O) groups is 3. The Morgan fingerprint density at radius 2 is 1.74 bits per heavy atom. The average molecular weight is 290 g/mol. The highest BCUT2D eigenvalue weighted by Crippen LogP contribution is 2.02. The zero-order valence-electron chi connectivity index (χ0n) is 11.1. The van der Waals surface area contributed by atoms with E-state index in [0.29, 0.717) is 11.5 Å². The third-order valence-electron chi connectivity index (χ3n) is 2.39. The molecule has 1 atom stereocenters. The van der Waals surface area contributed by atoms with Gasteiger partial charge in [-0.2, -0.15) is 0 Å². The molecule has 8 heteroatoms. The third-order valence-corrected chi connectivity index (χ3v) is 3.69. The van der Waals surface area contributed by atoms with Crippen molar-refractivity contribution in [2.45, 2.75) is 20.8 Å². The van der Waals surface area contributed by atoms with Crippen molar-refractivity contribution in [2.75, 3.05) is 18.1 Å². The van der Waals surface area contributed by atoms with E-state index in [1.807, 2.05) is 5.32 Å². The van der Waals surface area contributed by atoms with Crippen molar-refractivity contribution in [1.82, 2.24) is 10.6 Å². The van der Waals surface area contributed by atoms with Crippen molar-refractivity contribution in [2.24, 2.45) is 0 Å². The SMILES string of the molecule is CCS(=O)CCNC(=O)NC(=O)C(C)=C(C)C(=O)O. The van der Waals surface area contributed by atoms with Gasteiger partial charge in [-0.1, -0.05) is 6.92 Å². The van der Waals surface area contributed by atoms with Gasteiger partial charge in [-0.3, -0.25) is 14.3 Å². The fraction of sp³-hybridized carbons (Fsp3) is 0.545. The highest BCUT2D eigenvalue weighted by Gasteiger charge is 2.14. The molecule has 108 valence electrons. The first-order valence-electron chi connectivity index (χ1n) is 5.64. The molecule has 0 spiro atoms. The Bertz CT molecular complexity index is 431. The molecule has 0 bridgehead atoms. The molecule has 0 aliphatic heterocycles. The molecule has 0 aliphatic rings. The zero-order valence-corrected chi connectivity index (χ0v) is 11.9. The number of imide groups is 1. The molecule has 0 fully saturated rings. The lowest BCUT2D eigenvalue weighted by atomic mass is 10.1. The number of hydrogen-bond donors (Lipinski definition) is 3. The lowest BCUT2D eigenvalue weighted by molar-refractivity contribution is -0.133. The van der Waals surface area contributed by atoms with Gasteiger partial charge >= 0.3 is 12.0 Å². The van der Waals surface area contributed by atoms with Crippen LogP contribution >= 0.6 is 0 Å². The van der Waals surface area contributed by atoms with Crippen LogP contribution in [0.2, 0.25) is 0 Å². The Morgan fingerprint density at radius 1 is 1.16 bits per heavy atom. The molecule has 0 saturated heterocycles. The largest absolute Gasteiger partial charge is 0.478 e. The van der Waals surface area contributed by atoms with Crippen LogP contribution < -0.4 is 10.6 Å². The molecule has 0 aromatic carbocycles. The van der Waals surface area contributed by atoms with E-state index in [4.69, 9.17) is 5.11 Å². The predicted octanol–water partition coefficient (Wildman–Crippen LogP) is 0.00180. The number of aliphatic carboxylic acids is 1. The van der Waals surface area contributed by atoms with E-state index in [2.05, 4.69) is 5.32 Å². The number of carbonyl (C=O) groups excluding carboxylic acids is 2. The molecule has 0 aliphatic carbocycles. The van der Waals surface area contributed by atoms with Gasteiger partial charge in [-0.15, -0.1) is 0 Å². The fourth-order valence-corrected chi connectivity index (χ4v) is 1.61. The summed E-state index contributed by atoms with van der Waals surface area (Å²) in [6.45, 7) is 4.54. The van der Waals surface area contributed by atoms with Gasteiger partial charge in [-0.25, -0.2) is 9.59 Å². The lowest BCUT2D eigenvalue weighted by Gasteiger charge is -2.07. The molecule has 19 heavy (non-hydrogen) atoms. The molecule has 7 nitrogen and oxygen atoms in total. The van der Waals surface area contributed by atoms with Crippen molar-refractivity contribution in [1.29, 1.82) is 0 Å². The minimum absolute atomic E-state index is 0.0419. The summed E-state index contributed by atoms with van der Waals surface area (Å²) in [6, 6.07) is -0.740. The van der Waals surface area contributed by atoms with Crippen LogP contribution in [0, 0.1) is 0 Å². The van der Waals surface area contributed by atoms with Crippen LogP contribution in [0.15, 0.2) is 11.1 Å². The molecule has 0 radical (unpaired) electrons. The van der Waals surface area contributed by atoms with Gasteiger partial charge in [0.1, 0.15) is 0 Å². The Morgan fingerprint density at radius 3 is 2.21 bits per heavy atom. The normalized spacial score (nSPS) is 13.2. The Balaban J connectivity index is 4.28. The number of hydrogen-bond acceptors (Lipinski definition) is 4. The number of rotatable bonds is 6. The monoisotopic (exact) mass is 290 g/mol. The number of urea groups is 1. The summed E-state index contributed by atoms with van der Waals surface area (Å²) in [7, 11) is -0.993. The van der Waals surface area contributed by atoms with Crippen LogP contribution in [0.5, 0.6) is 0 Å². The minimum atomic E-state index is -1.22. The van der Waals surface area contributed by atoms with Crippen molar-refractivity contribution >= 4 is 28.7 Å². The Kier molecular flexibility index (Phi) is 7.66. The molecule has 0 aromatic heterocycles. The second kappa shape index (κ2) is 8.41. The van der Waals surface area contributed by atoms with Crippen LogP contribution in [-0.2, 0) is 20.4 Å². The summed E-state index contributed by atoms with van der Waals surface area (Å²) in [6.07, 6.45) is 0. The van der Waals surface area contributed by atoms with Crippen LogP contribution in [0.4, 0.5) is 4.79 Å². The van der Waals surface area contributed by atoms with Gasteiger partial charge in [0.25, 0.3) is 5.91 Å². The first-order chi connectivity index (χ1) is 8.79. The van der Waals surface area contributed by atoms with Gasteiger partial charge in [0, 0.05) is 40.0 Å².